The fraction of sp³-hybridized carbons (Fsp3) is 0.929. The van der Waals surface area contributed by atoms with Gasteiger partial charge in [-0.1, -0.05) is 0 Å². The Bertz CT molecular complexity index is 301. The molecule has 5 heteroatoms. The second-order valence-electron chi connectivity index (χ2n) is 5.86. The minimum absolute atomic E-state index is 0.00726. The van der Waals surface area contributed by atoms with Crippen molar-refractivity contribution >= 4 is 5.91 Å². The van der Waals surface area contributed by atoms with E-state index in [1.165, 1.54) is 0 Å². The molecule has 0 aromatic carbocycles. The van der Waals surface area contributed by atoms with Gasteiger partial charge in [0, 0.05) is 46.9 Å². The van der Waals surface area contributed by atoms with Crippen LogP contribution >= 0.6 is 0 Å². The molecular formula is C14H27N3O2. The Morgan fingerprint density at radius 3 is 2.53 bits per heavy atom. The number of nitrogens with zero attached hydrogens (tertiary/aromatic N) is 2. The van der Waals surface area contributed by atoms with Gasteiger partial charge in [-0.3, -0.25) is 9.69 Å². The minimum atomic E-state index is 0.00726. The summed E-state index contributed by atoms with van der Waals surface area (Å²) in [7, 11) is 5.49. The number of carbonyl (C=O) groups is 1. The van der Waals surface area contributed by atoms with Crippen LogP contribution < -0.4 is 5.32 Å². The number of nitrogens with one attached hydrogen (secondary N) is 1. The fourth-order valence-electron chi connectivity index (χ4n) is 3.30. The van der Waals surface area contributed by atoms with E-state index >= 15 is 0 Å². The molecule has 0 aromatic rings. The number of likely N-dealkylation sites (N-methyl/N-ethyl adjacent to an activating group) is 1. The smallest absolute Gasteiger partial charge is 0.240 e. The lowest BCUT2D eigenvalue weighted by atomic mass is 9.90. The Kier molecular flexibility index (Phi) is 5.19. The SMILES string of the molecule is COC1CCC(N2CCNCC2C(=O)N(C)C)CC1. The maximum Gasteiger partial charge on any atom is 0.240 e. The molecule has 2 aliphatic rings. The number of rotatable bonds is 3. The van der Waals surface area contributed by atoms with Gasteiger partial charge in [0.05, 0.1) is 6.10 Å². The molecule has 1 atom stereocenters. The van der Waals surface area contributed by atoms with Gasteiger partial charge in [0.2, 0.25) is 5.91 Å². The molecule has 2 rings (SSSR count). The lowest BCUT2D eigenvalue weighted by Gasteiger charge is -2.43. The van der Waals surface area contributed by atoms with Crippen molar-refractivity contribution in [2.75, 3.05) is 40.8 Å². The van der Waals surface area contributed by atoms with Gasteiger partial charge in [-0.25, -0.2) is 0 Å². The van der Waals surface area contributed by atoms with Gasteiger partial charge in [0.1, 0.15) is 6.04 Å². The molecule has 1 heterocycles. The van der Waals surface area contributed by atoms with Crippen molar-refractivity contribution in [2.24, 2.45) is 0 Å². The average molecular weight is 269 g/mol. The van der Waals surface area contributed by atoms with Gasteiger partial charge < -0.3 is 15.0 Å². The summed E-state index contributed by atoms with van der Waals surface area (Å²) < 4.78 is 5.43. The molecule has 2 fully saturated rings. The lowest BCUT2D eigenvalue weighted by molar-refractivity contribution is -0.136. The first-order valence-corrected chi connectivity index (χ1v) is 7.34. The van der Waals surface area contributed by atoms with Crippen LogP contribution in [0.4, 0.5) is 0 Å². The summed E-state index contributed by atoms with van der Waals surface area (Å²) in [5.74, 6) is 0.223. The van der Waals surface area contributed by atoms with E-state index < -0.39 is 0 Å². The summed E-state index contributed by atoms with van der Waals surface area (Å²) in [5.41, 5.74) is 0. The molecule has 1 amide bonds. The van der Waals surface area contributed by atoms with E-state index in [0.29, 0.717) is 12.1 Å². The molecule has 19 heavy (non-hydrogen) atoms. The molecule has 1 aliphatic heterocycles. The van der Waals surface area contributed by atoms with Crippen molar-refractivity contribution in [1.82, 2.24) is 15.1 Å². The molecular weight excluding hydrogens is 242 g/mol. The van der Waals surface area contributed by atoms with Crippen LogP contribution in [-0.2, 0) is 9.53 Å². The van der Waals surface area contributed by atoms with Crippen molar-refractivity contribution in [3.63, 3.8) is 0 Å². The number of hydrogen-bond donors (Lipinski definition) is 1. The number of hydrogen-bond acceptors (Lipinski definition) is 4. The van der Waals surface area contributed by atoms with Crippen molar-refractivity contribution in [3.05, 3.63) is 0 Å². The Hall–Kier alpha value is -0.650. The second-order valence-corrected chi connectivity index (χ2v) is 5.86. The van der Waals surface area contributed by atoms with Crippen molar-refractivity contribution in [2.45, 2.75) is 43.9 Å². The predicted molar refractivity (Wildman–Crippen MR) is 75.1 cm³/mol. The van der Waals surface area contributed by atoms with E-state index in [0.717, 1.165) is 45.3 Å². The molecule has 0 spiro atoms. The van der Waals surface area contributed by atoms with Gasteiger partial charge in [0.15, 0.2) is 0 Å². The zero-order chi connectivity index (χ0) is 13.8. The Labute approximate surface area is 116 Å². The number of carbonyl (C=O) groups excluding carboxylic acids is 1. The summed E-state index contributed by atoms with van der Waals surface area (Å²) in [6.45, 7) is 2.75. The number of methoxy groups -OCH3 is 1. The summed E-state index contributed by atoms with van der Waals surface area (Å²) in [5, 5.41) is 3.35. The molecule has 5 nitrogen and oxygen atoms in total. The van der Waals surface area contributed by atoms with Crippen LogP contribution in [0, 0.1) is 0 Å². The highest BCUT2D eigenvalue weighted by Gasteiger charge is 2.35. The third-order valence-corrected chi connectivity index (χ3v) is 4.46. The normalized spacial score (nSPS) is 33.1. The zero-order valence-corrected chi connectivity index (χ0v) is 12.4. The van der Waals surface area contributed by atoms with E-state index in [-0.39, 0.29) is 11.9 Å². The van der Waals surface area contributed by atoms with Gasteiger partial charge in [-0.05, 0) is 25.7 Å². The van der Waals surface area contributed by atoms with Crippen LogP contribution in [-0.4, -0.2) is 74.7 Å². The molecule has 110 valence electrons. The standard InChI is InChI=1S/C14H27N3O2/c1-16(2)14(18)13-10-15-8-9-17(13)11-4-6-12(19-3)7-5-11/h11-13,15H,4-10H2,1-3H3. The molecule has 1 saturated carbocycles. The molecule has 0 aromatic heterocycles. The summed E-state index contributed by atoms with van der Waals surface area (Å²) in [4.78, 5) is 16.4. The summed E-state index contributed by atoms with van der Waals surface area (Å²) in [6.07, 6.45) is 4.95. The van der Waals surface area contributed by atoms with Crippen molar-refractivity contribution < 1.29 is 9.53 Å². The zero-order valence-electron chi connectivity index (χ0n) is 12.4. The first kappa shape index (κ1) is 14.8. The minimum Gasteiger partial charge on any atom is -0.381 e. The van der Waals surface area contributed by atoms with Gasteiger partial charge in [-0.15, -0.1) is 0 Å². The van der Waals surface area contributed by atoms with Crippen LogP contribution in [0.3, 0.4) is 0 Å². The van der Waals surface area contributed by atoms with Crippen molar-refractivity contribution in [1.29, 1.82) is 0 Å². The second kappa shape index (κ2) is 6.68. The summed E-state index contributed by atoms with van der Waals surface area (Å²) in [6, 6.07) is 0.551. The monoisotopic (exact) mass is 269 g/mol. The summed E-state index contributed by atoms with van der Waals surface area (Å²) >= 11 is 0. The molecule has 1 unspecified atom stereocenters. The third-order valence-electron chi connectivity index (χ3n) is 4.46. The molecule has 1 aliphatic carbocycles. The average Bonchev–Trinajstić information content (AvgIpc) is 2.46. The number of ether oxygens (including phenoxy) is 1. The van der Waals surface area contributed by atoms with E-state index in [1.54, 1.807) is 12.0 Å². The predicted octanol–water partition coefficient (Wildman–Crippen LogP) is 0.306. The van der Waals surface area contributed by atoms with Crippen molar-refractivity contribution in [3.8, 4) is 0 Å². The highest BCUT2D eigenvalue weighted by molar-refractivity contribution is 5.81. The van der Waals surface area contributed by atoms with Gasteiger partial charge in [0.25, 0.3) is 0 Å². The first-order chi connectivity index (χ1) is 9.13. The van der Waals surface area contributed by atoms with E-state index in [2.05, 4.69) is 10.2 Å². The fourth-order valence-corrected chi connectivity index (χ4v) is 3.30. The van der Waals surface area contributed by atoms with E-state index in [4.69, 9.17) is 4.74 Å². The van der Waals surface area contributed by atoms with Crippen LogP contribution in [0.1, 0.15) is 25.7 Å². The van der Waals surface area contributed by atoms with Crippen LogP contribution in [0.5, 0.6) is 0 Å². The maximum absolute atomic E-state index is 12.3. The quantitative estimate of drug-likeness (QED) is 0.801. The topological polar surface area (TPSA) is 44.8 Å². The highest BCUT2D eigenvalue weighted by atomic mass is 16.5. The van der Waals surface area contributed by atoms with Gasteiger partial charge in [-0.2, -0.15) is 0 Å². The highest BCUT2D eigenvalue weighted by Crippen LogP contribution is 2.26. The van der Waals surface area contributed by atoms with E-state index in [9.17, 15) is 4.79 Å². The maximum atomic E-state index is 12.3. The molecule has 0 radical (unpaired) electrons. The van der Waals surface area contributed by atoms with Crippen LogP contribution in [0.2, 0.25) is 0 Å². The molecule has 0 bridgehead atoms. The Morgan fingerprint density at radius 1 is 1.26 bits per heavy atom. The number of piperazine rings is 1. The third kappa shape index (κ3) is 3.46. The van der Waals surface area contributed by atoms with Crippen LogP contribution in [0.25, 0.3) is 0 Å². The van der Waals surface area contributed by atoms with E-state index in [1.807, 2.05) is 14.1 Å². The molecule has 1 saturated heterocycles. The first-order valence-electron chi connectivity index (χ1n) is 7.34. The molecule has 1 N–H and O–H groups in total. The van der Waals surface area contributed by atoms with Crippen LogP contribution in [0.15, 0.2) is 0 Å². The van der Waals surface area contributed by atoms with Gasteiger partial charge >= 0.3 is 0 Å². The Balaban J connectivity index is 1.98. The number of amides is 1. The largest absolute Gasteiger partial charge is 0.381 e. The Morgan fingerprint density at radius 2 is 1.95 bits per heavy atom. The lowest BCUT2D eigenvalue weighted by Crippen LogP contribution is -2.61.